The van der Waals surface area contributed by atoms with Crippen LogP contribution in [0.25, 0.3) is 0 Å². The number of nitrogens with two attached hydrogens (primary N) is 1. The molecule has 1 aromatic carbocycles. The van der Waals surface area contributed by atoms with Gasteiger partial charge in [-0.3, -0.25) is 14.8 Å². The number of nitrogens with zero attached hydrogens (tertiary/aromatic N) is 3. The van der Waals surface area contributed by atoms with E-state index < -0.39 is 25.5 Å². The van der Waals surface area contributed by atoms with Crippen LogP contribution >= 0.6 is 11.5 Å². The Hall–Kier alpha value is -2.27. The maximum absolute atomic E-state index is 12.0. The fraction of sp³-hybridized carbons (Fsp3) is 0. The van der Waals surface area contributed by atoms with Crippen LogP contribution in [0.2, 0.25) is 0 Å². The quantitative estimate of drug-likeness (QED) is 0.484. The zero-order chi connectivity index (χ0) is 14.0. The minimum absolute atomic E-state index is 0.102. The predicted molar refractivity (Wildman–Crippen MR) is 68.2 cm³/mol. The van der Waals surface area contributed by atoms with E-state index in [9.17, 15) is 18.5 Å². The van der Waals surface area contributed by atoms with E-state index >= 15 is 0 Å². The van der Waals surface area contributed by atoms with Gasteiger partial charge in [-0.1, -0.05) is 4.49 Å². The lowest BCUT2D eigenvalue weighted by atomic mass is 10.3. The SMILES string of the molecule is Nc1ccc(S(=O)(=O)Nc2cnns2)c([N+](=O)[O-])c1. The van der Waals surface area contributed by atoms with Crippen molar-refractivity contribution < 1.29 is 13.3 Å². The van der Waals surface area contributed by atoms with Gasteiger partial charge in [0.05, 0.1) is 11.1 Å². The molecule has 19 heavy (non-hydrogen) atoms. The number of anilines is 2. The van der Waals surface area contributed by atoms with E-state index in [1.54, 1.807) is 0 Å². The van der Waals surface area contributed by atoms with Crippen LogP contribution in [0.3, 0.4) is 0 Å². The maximum atomic E-state index is 12.0. The molecule has 0 saturated heterocycles. The summed E-state index contributed by atoms with van der Waals surface area (Å²) < 4.78 is 29.7. The second-order valence-electron chi connectivity index (χ2n) is 3.37. The molecule has 3 N–H and O–H groups in total. The number of hydrogen-bond acceptors (Lipinski definition) is 8. The fourth-order valence-corrected chi connectivity index (χ4v) is 3.14. The van der Waals surface area contributed by atoms with E-state index in [1.165, 1.54) is 12.3 Å². The summed E-state index contributed by atoms with van der Waals surface area (Å²) >= 11 is 0.816. The molecule has 0 fully saturated rings. The average Bonchev–Trinajstić information content (AvgIpc) is 2.80. The highest BCUT2D eigenvalue weighted by molar-refractivity contribution is 7.93. The predicted octanol–water partition coefficient (Wildman–Crippen LogP) is 0.829. The number of rotatable bonds is 4. The summed E-state index contributed by atoms with van der Waals surface area (Å²) in [5, 5.41) is 14.5. The van der Waals surface area contributed by atoms with Crippen LogP contribution in [0, 0.1) is 10.1 Å². The van der Waals surface area contributed by atoms with Crippen molar-refractivity contribution in [3.05, 3.63) is 34.5 Å². The Morgan fingerprint density at radius 2 is 2.16 bits per heavy atom. The molecule has 0 amide bonds. The maximum Gasteiger partial charge on any atom is 0.291 e. The van der Waals surface area contributed by atoms with Gasteiger partial charge in [-0.15, -0.1) is 5.10 Å². The first-order chi connectivity index (χ1) is 8.90. The van der Waals surface area contributed by atoms with Gasteiger partial charge in [0.25, 0.3) is 15.7 Å². The Kier molecular flexibility index (Phi) is 3.31. The molecule has 0 unspecified atom stereocenters. The van der Waals surface area contributed by atoms with Gasteiger partial charge in [0.2, 0.25) is 0 Å². The van der Waals surface area contributed by atoms with E-state index in [0.717, 1.165) is 23.7 Å². The molecule has 0 spiro atoms. The standard InChI is InChI=1S/C8H7N5O4S2/c9-5-1-2-7(6(3-5)13(14)15)19(16,17)11-8-4-10-12-18-8/h1-4,11H,9H2. The van der Waals surface area contributed by atoms with Gasteiger partial charge < -0.3 is 5.73 Å². The van der Waals surface area contributed by atoms with E-state index in [2.05, 4.69) is 14.3 Å². The molecule has 1 aromatic heterocycles. The number of nitrogen functional groups attached to an aromatic ring is 1. The van der Waals surface area contributed by atoms with Crippen molar-refractivity contribution in [2.24, 2.45) is 0 Å². The van der Waals surface area contributed by atoms with Gasteiger partial charge in [0.15, 0.2) is 4.90 Å². The molecule has 0 saturated carbocycles. The minimum Gasteiger partial charge on any atom is -0.399 e. The Labute approximate surface area is 111 Å². The molecule has 2 rings (SSSR count). The van der Waals surface area contributed by atoms with Crippen LogP contribution in [0.1, 0.15) is 0 Å². The lowest BCUT2D eigenvalue weighted by Gasteiger charge is -2.06. The average molecular weight is 301 g/mol. The van der Waals surface area contributed by atoms with Crippen LogP contribution in [0.5, 0.6) is 0 Å². The van der Waals surface area contributed by atoms with Crippen molar-refractivity contribution in [2.75, 3.05) is 10.5 Å². The summed E-state index contributed by atoms with van der Waals surface area (Å²) in [6.45, 7) is 0. The largest absolute Gasteiger partial charge is 0.399 e. The molecular weight excluding hydrogens is 294 g/mol. The molecule has 0 aliphatic heterocycles. The molecule has 11 heteroatoms. The molecule has 2 aromatic rings. The second kappa shape index (κ2) is 4.78. The van der Waals surface area contributed by atoms with Crippen molar-refractivity contribution in [3.8, 4) is 0 Å². The number of nitro groups is 1. The van der Waals surface area contributed by atoms with E-state index in [1.807, 2.05) is 0 Å². The Bertz CT molecular complexity index is 713. The van der Waals surface area contributed by atoms with Crippen molar-refractivity contribution in [2.45, 2.75) is 4.90 Å². The molecule has 9 nitrogen and oxygen atoms in total. The third-order valence-corrected chi connectivity index (χ3v) is 4.19. The zero-order valence-corrected chi connectivity index (χ0v) is 10.8. The lowest BCUT2D eigenvalue weighted by molar-refractivity contribution is -0.387. The smallest absolute Gasteiger partial charge is 0.291 e. The highest BCUT2D eigenvalue weighted by Gasteiger charge is 2.26. The van der Waals surface area contributed by atoms with Crippen LogP contribution in [0.15, 0.2) is 29.3 Å². The highest BCUT2D eigenvalue weighted by Crippen LogP contribution is 2.28. The number of benzene rings is 1. The van der Waals surface area contributed by atoms with Gasteiger partial charge >= 0.3 is 0 Å². The summed E-state index contributed by atoms with van der Waals surface area (Å²) in [5.74, 6) is 0. The second-order valence-corrected chi connectivity index (χ2v) is 5.81. The van der Waals surface area contributed by atoms with Crippen LogP contribution < -0.4 is 10.5 Å². The normalized spacial score (nSPS) is 11.2. The molecule has 1 heterocycles. The summed E-state index contributed by atoms with van der Waals surface area (Å²) in [7, 11) is -4.09. The molecule has 0 aliphatic rings. The van der Waals surface area contributed by atoms with Crippen molar-refractivity contribution in [3.63, 3.8) is 0 Å². The summed E-state index contributed by atoms with van der Waals surface area (Å²) in [6.07, 6.45) is 1.20. The molecular formula is C8H7N5O4S2. The first kappa shape index (κ1) is 13.2. The molecule has 0 radical (unpaired) electrons. The van der Waals surface area contributed by atoms with Gasteiger partial charge in [-0.25, -0.2) is 8.42 Å². The van der Waals surface area contributed by atoms with Crippen molar-refractivity contribution in [1.29, 1.82) is 0 Å². The first-order valence-electron chi connectivity index (χ1n) is 4.74. The fourth-order valence-electron chi connectivity index (χ4n) is 1.30. The molecule has 100 valence electrons. The number of nitro benzene ring substituents is 1. The van der Waals surface area contributed by atoms with Crippen molar-refractivity contribution in [1.82, 2.24) is 9.59 Å². The van der Waals surface area contributed by atoms with E-state index in [4.69, 9.17) is 5.73 Å². The van der Waals surface area contributed by atoms with E-state index in [-0.39, 0.29) is 10.7 Å². The topological polar surface area (TPSA) is 141 Å². The number of nitrogens with one attached hydrogen (secondary N) is 1. The number of hydrogen-bond donors (Lipinski definition) is 2. The van der Waals surface area contributed by atoms with Gasteiger partial charge in [0, 0.05) is 23.3 Å². The van der Waals surface area contributed by atoms with Gasteiger partial charge in [-0.2, -0.15) is 0 Å². The van der Waals surface area contributed by atoms with Crippen LogP contribution in [0.4, 0.5) is 16.4 Å². The summed E-state index contributed by atoms with van der Waals surface area (Å²) in [5.41, 5.74) is 4.92. The van der Waals surface area contributed by atoms with E-state index in [0.29, 0.717) is 0 Å². The van der Waals surface area contributed by atoms with Crippen LogP contribution in [-0.4, -0.2) is 22.9 Å². The first-order valence-corrected chi connectivity index (χ1v) is 7.00. The third kappa shape index (κ3) is 2.77. The molecule has 0 aliphatic carbocycles. The van der Waals surface area contributed by atoms with Crippen molar-refractivity contribution >= 4 is 37.9 Å². The Morgan fingerprint density at radius 1 is 1.42 bits per heavy atom. The molecule has 0 bridgehead atoms. The number of aromatic nitrogens is 2. The van der Waals surface area contributed by atoms with Crippen LogP contribution in [-0.2, 0) is 10.0 Å². The number of sulfonamides is 1. The third-order valence-electron chi connectivity index (χ3n) is 2.07. The minimum atomic E-state index is -4.09. The summed E-state index contributed by atoms with van der Waals surface area (Å²) in [4.78, 5) is 9.58. The summed E-state index contributed by atoms with van der Waals surface area (Å²) in [6, 6.07) is 3.33. The Balaban J connectivity index is 2.49. The van der Waals surface area contributed by atoms with Gasteiger partial charge in [-0.05, 0) is 12.1 Å². The van der Waals surface area contributed by atoms with Gasteiger partial charge in [0.1, 0.15) is 5.00 Å². The molecule has 0 atom stereocenters. The highest BCUT2D eigenvalue weighted by atomic mass is 32.2. The monoisotopic (exact) mass is 301 g/mol. The zero-order valence-electron chi connectivity index (χ0n) is 9.18. The lowest BCUT2D eigenvalue weighted by Crippen LogP contribution is -2.14. The Morgan fingerprint density at radius 3 is 2.74 bits per heavy atom.